The Morgan fingerprint density at radius 3 is 2.27 bits per heavy atom. The van der Waals surface area contributed by atoms with E-state index in [-0.39, 0.29) is 11.9 Å². The molecule has 0 fully saturated rings. The van der Waals surface area contributed by atoms with Gasteiger partial charge in [-0.15, -0.1) is 0 Å². The average Bonchev–Trinajstić information content (AvgIpc) is 2.23. The molecule has 0 saturated carbocycles. The number of carboxylic acid groups (broad SMARTS) is 1. The van der Waals surface area contributed by atoms with E-state index >= 15 is 0 Å². The number of aliphatic carboxylic acids is 1. The Labute approximate surface area is 90.5 Å². The summed E-state index contributed by atoms with van der Waals surface area (Å²) in [5.74, 6) is -1.39. The maximum absolute atomic E-state index is 11.4. The maximum atomic E-state index is 11.4. The minimum absolute atomic E-state index is 0.0885. The summed E-state index contributed by atoms with van der Waals surface area (Å²) in [5, 5.41) is 11.3. The number of carbonyl (C=O) groups excluding carboxylic acids is 1. The minimum atomic E-state index is -0.836. The lowest BCUT2D eigenvalue weighted by Gasteiger charge is -2.27. The van der Waals surface area contributed by atoms with Crippen LogP contribution in [0, 0.1) is 5.92 Å². The van der Waals surface area contributed by atoms with Crippen LogP contribution in [-0.4, -0.2) is 48.1 Å². The summed E-state index contributed by atoms with van der Waals surface area (Å²) in [6, 6.07) is -0.290. The Morgan fingerprint density at radius 1 is 1.40 bits per heavy atom. The SMILES string of the molecule is CCN(CC(C)C(=O)O)C(C)C(=O)NC. The summed E-state index contributed by atoms with van der Waals surface area (Å²) in [5.41, 5.74) is 0. The van der Waals surface area contributed by atoms with Gasteiger partial charge in [-0.25, -0.2) is 0 Å². The largest absolute Gasteiger partial charge is 0.481 e. The summed E-state index contributed by atoms with van der Waals surface area (Å²) in [7, 11) is 1.58. The molecular formula is C10H20N2O3. The molecular weight excluding hydrogens is 196 g/mol. The maximum Gasteiger partial charge on any atom is 0.307 e. The molecule has 0 spiro atoms. The third kappa shape index (κ3) is 4.29. The Morgan fingerprint density at radius 2 is 1.93 bits per heavy atom. The predicted octanol–water partition coefficient (Wildman–Crippen LogP) is 0.164. The highest BCUT2D eigenvalue weighted by atomic mass is 16.4. The van der Waals surface area contributed by atoms with Gasteiger partial charge in [-0.05, 0) is 13.5 Å². The Kier molecular flexibility index (Phi) is 5.93. The van der Waals surface area contributed by atoms with Crippen molar-refractivity contribution in [2.75, 3.05) is 20.1 Å². The number of hydrogen-bond acceptors (Lipinski definition) is 3. The van der Waals surface area contributed by atoms with Crippen LogP contribution in [0.4, 0.5) is 0 Å². The second kappa shape index (κ2) is 6.40. The number of carboxylic acids is 1. The van der Waals surface area contributed by atoms with Crippen molar-refractivity contribution in [3.05, 3.63) is 0 Å². The first kappa shape index (κ1) is 13.9. The Hall–Kier alpha value is -1.10. The molecule has 0 aromatic heterocycles. The first-order valence-corrected chi connectivity index (χ1v) is 5.12. The van der Waals surface area contributed by atoms with E-state index in [0.29, 0.717) is 13.1 Å². The van der Waals surface area contributed by atoms with E-state index in [1.165, 1.54) is 0 Å². The lowest BCUT2D eigenvalue weighted by atomic mass is 10.1. The van der Waals surface area contributed by atoms with Gasteiger partial charge in [0.2, 0.25) is 5.91 Å². The van der Waals surface area contributed by atoms with Crippen LogP contribution in [-0.2, 0) is 9.59 Å². The normalized spacial score (nSPS) is 14.7. The second-order valence-corrected chi connectivity index (χ2v) is 3.62. The molecule has 0 radical (unpaired) electrons. The van der Waals surface area contributed by atoms with Crippen molar-refractivity contribution >= 4 is 11.9 Å². The fourth-order valence-electron chi connectivity index (χ4n) is 1.37. The number of nitrogens with zero attached hydrogens (tertiary/aromatic N) is 1. The highest BCUT2D eigenvalue weighted by Gasteiger charge is 2.22. The molecule has 0 bridgehead atoms. The third-order valence-corrected chi connectivity index (χ3v) is 2.51. The van der Waals surface area contributed by atoms with Gasteiger partial charge in [0.25, 0.3) is 0 Å². The molecule has 0 aliphatic heterocycles. The van der Waals surface area contributed by atoms with Crippen LogP contribution in [0.2, 0.25) is 0 Å². The number of rotatable bonds is 6. The van der Waals surface area contributed by atoms with Crippen LogP contribution in [0.3, 0.4) is 0 Å². The van der Waals surface area contributed by atoms with Crippen LogP contribution >= 0.6 is 0 Å². The van der Waals surface area contributed by atoms with E-state index in [9.17, 15) is 9.59 Å². The Balaban J connectivity index is 4.36. The van der Waals surface area contributed by atoms with Crippen molar-refractivity contribution in [3.8, 4) is 0 Å². The van der Waals surface area contributed by atoms with E-state index in [2.05, 4.69) is 5.32 Å². The first-order valence-electron chi connectivity index (χ1n) is 5.12. The van der Waals surface area contributed by atoms with Gasteiger partial charge in [0.05, 0.1) is 12.0 Å². The molecule has 0 aliphatic rings. The van der Waals surface area contributed by atoms with Crippen LogP contribution in [0.15, 0.2) is 0 Å². The zero-order valence-corrected chi connectivity index (χ0v) is 9.78. The van der Waals surface area contributed by atoms with Crippen molar-refractivity contribution in [2.45, 2.75) is 26.8 Å². The van der Waals surface area contributed by atoms with Gasteiger partial charge in [-0.2, -0.15) is 0 Å². The van der Waals surface area contributed by atoms with Crippen molar-refractivity contribution in [1.82, 2.24) is 10.2 Å². The topological polar surface area (TPSA) is 69.6 Å². The zero-order valence-electron chi connectivity index (χ0n) is 9.78. The minimum Gasteiger partial charge on any atom is -0.481 e. The van der Waals surface area contributed by atoms with Crippen molar-refractivity contribution < 1.29 is 14.7 Å². The Bertz CT molecular complexity index is 231. The summed E-state index contributed by atoms with van der Waals surface area (Å²) in [4.78, 5) is 23.9. The van der Waals surface area contributed by atoms with Crippen LogP contribution in [0.5, 0.6) is 0 Å². The highest BCUT2D eigenvalue weighted by Crippen LogP contribution is 2.05. The molecule has 88 valence electrons. The quantitative estimate of drug-likeness (QED) is 0.663. The third-order valence-electron chi connectivity index (χ3n) is 2.51. The standard InChI is InChI=1S/C10H20N2O3/c1-5-12(6-7(2)10(14)15)8(3)9(13)11-4/h7-8H,5-6H2,1-4H3,(H,11,13)(H,14,15). The fourth-order valence-corrected chi connectivity index (χ4v) is 1.37. The van der Waals surface area contributed by atoms with E-state index in [1.54, 1.807) is 20.9 Å². The molecule has 0 rings (SSSR count). The molecule has 2 atom stereocenters. The fraction of sp³-hybridized carbons (Fsp3) is 0.800. The molecule has 0 heterocycles. The number of carbonyl (C=O) groups is 2. The van der Waals surface area contributed by atoms with Crippen molar-refractivity contribution in [1.29, 1.82) is 0 Å². The second-order valence-electron chi connectivity index (χ2n) is 3.62. The molecule has 5 heteroatoms. The molecule has 0 aromatic carbocycles. The molecule has 0 aromatic rings. The monoisotopic (exact) mass is 216 g/mol. The van der Waals surface area contributed by atoms with Gasteiger partial charge >= 0.3 is 5.97 Å². The van der Waals surface area contributed by atoms with Gasteiger partial charge in [0.15, 0.2) is 0 Å². The van der Waals surface area contributed by atoms with E-state index in [0.717, 1.165) is 0 Å². The van der Waals surface area contributed by atoms with Crippen molar-refractivity contribution in [3.63, 3.8) is 0 Å². The van der Waals surface area contributed by atoms with Gasteiger partial charge in [0.1, 0.15) is 0 Å². The smallest absolute Gasteiger partial charge is 0.307 e. The van der Waals surface area contributed by atoms with Crippen molar-refractivity contribution in [2.24, 2.45) is 5.92 Å². The summed E-state index contributed by atoms with van der Waals surface area (Å²) >= 11 is 0. The van der Waals surface area contributed by atoms with Gasteiger partial charge < -0.3 is 10.4 Å². The molecule has 1 amide bonds. The van der Waals surface area contributed by atoms with E-state index in [1.807, 2.05) is 11.8 Å². The highest BCUT2D eigenvalue weighted by molar-refractivity contribution is 5.81. The number of likely N-dealkylation sites (N-methyl/N-ethyl adjacent to an activating group) is 2. The van der Waals surface area contributed by atoms with Crippen LogP contribution < -0.4 is 5.32 Å². The van der Waals surface area contributed by atoms with Gasteiger partial charge in [0, 0.05) is 13.6 Å². The van der Waals surface area contributed by atoms with Gasteiger partial charge in [-0.1, -0.05) is 13.8 Å². The number of nitrogens with one attached hydrogen (secondary N) is 1. The molecule has 2 unspecified atom stereocenters. The molecule has 2 N–H and O–H groups in total. The van der Waals surface area contributed by atoms with E-state index < -0.39 is 11.9 Å². The summed E-state index contributed by atoms with van der Waals surface area (Å²) in [6.07, 6.45) is 0. The molecule has 15 heavy (non-hydrogen) atoms. The summed E-state index contributed by atoms with van der Waals surface area (Å²) < 4.78 is 0. The zero-order chi connectivity index (χ0) is 12.0. The number of hydrogen-bond donors (Lipinski definition) is 2. The predicted molar refractivity (Wildman–Crippen MR) is 57.6 cm³/mol. The van der Waals surface area contributed by atoms with Gasteiger partial charge in [-0.3, -0.25) is 14.5 Å². The lowest BCUT2D eigenvalue weighted by Crippen LogP contribution is -2.46. The molecule has 0 aliphatic carbocycles. The average molecular weight is 216 g/mol. The lowest BCUT2D eigenvalue weighted by molar-refractivity contribution is -0.142. The number of amides is 1. The van der Waals surface area contributed by atoms with E-state index in [4.69, 9.17) is 5.11 Å². The van der Waals surface area contributed by atoms with Crippen LogP contribution in [0.1, 0.15) is 20.8 Å². The first-order chi connectivity index (χ1) is 6.93. The molecule has 0 saturated heterocycles. The summed E-state index contributed by atoms with van der Waals surface area (Å²) in [6.45, 7) is 6.37. The molecule has 5 nitrogen and oxygen atoms in total. The van der Waals surface area contributed by atoms with Crippen LogP contribution in [0.25, 0.3) is 0 Å².